The number of rotatable bonds is 4. The second kappa shape index (κ2) is 5.42. The van der Waals surface area contributed by atoms with Crippen molar-refractivity contribution in [2.24, 2.45) is 0 Å². The average molecular weight is 309 g/mol. The third kappa shape index (κ3) is 3.03. The van der Waals surface area contributed by atoms with Gasteiger partial charge in [-0.1, -0.05) is 0 Å². The fourth-order valence-corrected chi connectivity index (χ4v) is 1.19. The van der Waals surface area contributed by atoms with Gasteiger partial charge < -0.3 is 15.2 Å². The fraction of sp³-hybridized carbons (Fsp3) is 0.500. The zero-order chi connectivity index (χ0) is 10.6. The monoisotopic (exact) mass is 309 g/mol. The molecule has 0 atom stereocenters. The van der Waals surface area contributed by atoms with Gasteiger partial charge in [-0.05, 0) is 22.6 Å². The SMILES string of the molecule is COC(Cc1ncc(I)c(N)n1)OC. The molecule has 6 heteroatoms. The summed E-state index contributed by atoms with van der Waals surface area (Å²) in [6.07, 6.45) is 1.85. The van der Waals surface area contributed by atoms with Gasteiger partial charge in [-0.3, -0.25) is 0 Å². The van der Waals surface area contributed by atoms with Gasteiger partial charge >= 0.3 is 0 Å². The zero-order valence-corrected chi connectivity index (χ0v) is 10.2. The molecule has 0 bridgehead atoms. The van der Waals surface area contributed by atoms with Gasteiger partial charge in [0.15, 0.2) is 6.29 Å². The molecule has 0 aliphatic heterocycles. The molecule has 0 aromatic carbocycles. The number of halogens is 1. The minimum Gasteiger partial charge on any atom is -0.383 e. The van der Waals surface area contributed by atoms with Crippen molar-refractivity contribution in [2.75, 3.05) is 20.0 Å². The number of aromatic nitrogens is 2. The van der Waals surface area contributed by atoms with Crippen molar-refractivity contribution in [3.63, 3.8) is 0 Å². The Bertz CT molecular complexity index is 305. The number of anilines is 1. The summed E-state index contributed by atoms with van der Waals surface area (Å²) < 4.78 is 10.9. The smallest absolute Gasteiger partial charge is 0.163 e. The van der Waals surface area contributed by atoms with Gasteiger partial charge in [0, 0.05) is 20.4 Å². The van der Waals surface area contributed by atoms with Crippen LogP contribution in [0.25, 0.3) is 0 Å². The lowest BCUT2D eigenvalue weighted by molar-refractivity contribution is -0.101. The summed E-state index contributed by atoms with van der Waals surface area (Å²) in [6.45, 7) is 0. The summed E-state index contributed by atoms with van der Waals surface area (Å²) in [5.41, 5.74) is 5.64. The van der Waals surface area contributed by atoms with Crippen LogP contribution in [0.15, 0.2) is 6.20 Å². The maximum atomic E-state index is 5.64. The topological polar surface area (TPSA) is 70.3 Å². The Labute approximate surface area is 96.2 Å². The molecule has 0 amide bonds. The Morgan fingerprint density at radius 1 is 1.50 bits per heavy atom. The van der Waals surface area contributed by atoms with E-state index >= 15 is 0 Å². The van der Waals surface area contributed by atoms with Crippen molar-refractivity contribution < 1.29 is 9.47 Å². The highest BCUT2D eigenvalue weighted by Crippen LogP contribution is 2.11. The highest BCUT2D eigenvalue weighted by atomic mass is 127. The molecule has 78 valence electrons. The molecule has 0 saturated heterocycles. The maximum absolute atomic E-state index is 5.64. The van der Waals surface area contributed by atoms with Gasteiger partial charge in [-0.25, -0.2) is 9.97 Å². The van der Waals surface area contributed by atoms with Crippen molar-refractivity contribution in [1.29, 1.82) is 0 Å². The Balaban J connectivity index is 2.72. The maximum Gasteiger partial charge on any atom is 0.163 e. The quantitative estimate of drug-likeness (QED) is 0.659. The van der Waals surface area contributed by atoms with Crippen molar-refractivity contribution in [3.05, 3.63) is 15.6 Å². The lowest BCUT2D eigenvalue weighted by Gasteiger charge is -2.12. The van der Waals surface area contributed by atoms with E-state index in [2.05, 4.69) is 32.6 Å². The number of nitrogens with two attached hydrogens (primary N) is 1. The summed E-state index contributed by atoms with van der Waals surface area (Å²) >= 11 is 2.08. The minimum absolute atomic E-state index is 0.325. The first-order chi connectivity index (χ1) is 6.67. The Hall–Kier alpha value is -0.470. The number of nitrogens with zero attached hydrogens (tertiary/aromatic N) is 2. The normalized spacial score (nSPS) is 10.9. The van der Waals surface area contributed by atoms with Gasteiger partial charge in [-0.15, -0.1) is 0 Å². The van der Waals surface area contributed by atoms with Crippen LogP contribution in [0.5, 0.6) is 0 Å². The molecule has 0 aliphatic rings. The van der Waals surface area contributed by atoms with Crippen LogP contribution in [0.3, 0.4) is 0 Å². The molecule has 0 saturated carbocycles. The molecule has 2 N–H and O–H groups in total. The first-order valence-corrected chi connectivity index (χ1v) is 5.07. The molecule has 0 radical (unpaired) electrons. The molecular weight excluding hydrogens is 297 g/mol. The highest BCUT2D eigenvalue weighted by Gasteiger charge is 2.09. The Kier molecular flexibility index (Phi) is 4.49. The molecule has 1 rings (SSSR count). The predicted octanol–water partition coefficient (Wildman–Crippen LogP) is 0.825. The summed E-state index contributed by atoms with van der Waals surface area (Å²) in [4.78, 5) is 8.22. The lowest BCUT2D eigenvalue weighted by atomic mass is 10.4. The molecule has 0 unspecified atom stereocenters. The summed E-state index contributed by atoms with van der Waals surface area (Å²) in [6, 6.07) is 0. The van der Waals surface area contributed by atoms with E-state index in [-0.39, 0.29) is 6.29 Å². The predicted molar refractivity (Wildman–Crippen MR) is 60.7 cm³/mol. The number of ether oxygens (including phenoxy) is 2. The van der Waals surface area contributed by atoms with E-state index in [0.717, 1.165) is 3.57 Å². The average Bonchev–Trinajstić information content (AvgIpc) is 2.19. The second-order valence-electron chi connectivity index (χ2n) is 2.62. The lowest BCUT2D eigenvalue weighted by Crippen LogP contribution is -2.18. The third-order valence-corrected chi connectivity index (χ3v) is 2.53. The van der Waals surface area contributed by atoms with Gasteiger partial charge in [0.05, 0.1) is 9.99 Å². The van der Waals surface area contributed by atoms with Crippen LogP contribution in [-0.4, -0.2) is 30.5 Å². The molecule has 1 heterocycles. The molecule has 0 aliphatic carbocycles. The van der Waals surface area contributed by atoms with Crippen LogP contribution < -0.4 is 5.73 Å². The largest absolute Gasteiger partial charge is 0.383 e. The standard InChI is InChI=1S/C8H12IN3O2/c1-13-7(14-2)3-6-11-4-5(9)8(10)12-6/h4,7H,3H2,1-2H3,(H2,10,11,12). The van der Waals surface area contributed by atoms with Gasteiger partial charge in [0.25, 0.3) is 0 Å². The Morgan fingerprint density at radius 2 is 2.14 bits per heavy atom. The first kappa shape index (κ1) is 11.6. The van der Waals surface area contributed by atoms with Crippen molar-refractivity contribution in [3.8, 4) is 0 Å². The van der Waals surface area contributed by atoms with Crippen LogP contribution in [0, 0.1) is 3.57 Å². The summed E-state index contributed by atoms with van der Waals surface area (Å²) in [7, 11) is 3.15. The van der Waals surface area contributed by atoms with E-state index in [9.17, 15) is 0 Å². The fourth-order valence-electron chi connectivity index (χ4n) is 0.929. The molecule has 5 nitrogen and oxygen atoms in total. The highest BCUT2D eigenvalue weighted by molar-refractivity contribution is 14.1. The van der Waals surface area contributed by atoms with Crippen molar-refractivity contribution in [1.82, 2.24) is 9.97 Å². The zero-order valence-electron chi connectivity index (χ0n) is 8.03. The van der Waals surface area contributed by atoms with E-state index < -0.39 is 0 Å². The molecule has 1 aromatic rings. The number of hydrogen-bond acceptors (Lipinski definition) is 5. The minimum atomic E-state index is -0.325. The summed E-state index contributed by atoms with van der Waals surface area (Å²) in [5.74, 6) is 1.11. The summed E-state index contributed by atoms with van der Waals surface area (Å²) in [5, 5.41) is 0. The van der Waals surface area contributed by atoms with Gasteiger partial charge in [-0.2, -0.15) is 0 Å². The van der Waals surface area contributed by atoms with Crippen molar-refractivity contribution in [2.45, 2.75) is 12.7 Å². The van der Waals surface area contributed by atoms with E-state index in [1.165, 1.54) is 0 Å². The number of nitrogen functional groups attached to an aromatic ring is 1. The molecule has 0 fully saturated rings. The van der Waals surface area contributed by atoms with Crippen LogP contribution in [0.1, 0.15) is 5.82 Å². The van der Waals surface area contributed by atoms with Crippen LogP contribution in [0.2, 0.25) is 0 Å². The molecule has 1 aromatic heterocycles. The van der Waals surface area contributed by atoms with Gasteiger partial charge in [0.1, 0.15) is 11.6 Å². The first-order valence-electron chi connectivity index (χ1n) is 4.00. The number of hydrogen-bond donors (Lipinski definition) is 1. The van der Waals surface area contributed by atoms with E-state index in [4.69, 9.17) is 15.2 Å². The van der Waals surface area contributed by atoms with Crippen LogP contribution >= 0.6 is 22.6 Å². The van der Waals surface area contributed by atoms with E-state index in [1.54, 1.807) is 20.4 Å². The van der Waals surface area contributed by atoms with Crippen molar-refractivity contribution >= 4 is 28.4 Å². The molecular formula is C8H12IN3O2. The molecule has 14 heavy (non-hydrogen) atoms. The van der Waals surface area contributed by atoms with E-state index in [1.807, 2.05) is 0 Å². The third-order valence-electron chi connectivity index (χ3n) is 1.70. The van der Waals surface area contributed by atoms with E-state index in [0.29, 0.717) is 18.1 Å². The van der Waals surface area contributed by atoms with Crippen LogP contribution in [0.4, 0.5) is 5.82 Å². The van der Waals surface area contributed by atoms with Gasteiger partial charge in [0.2, 0.25) is 0 Å². The van der Waals surface area contributed by atoms with Crippen LogP contribution in [-0.2, 0) is 15.9 Å². The number of methoxy groups -OCH3 is 2. The second-order valence-corrected chi connectivity index (χ2v) is 3.79. The Morgan fingerprint density at radius 3 is 2.64 bits per heavy atom. The molecule has 0 spiro atoms.